The van der Waals surface area contributed by atoms with Crippen molar-refractivity contribution in [3.63, 3.8) is 0 Å². The van der Waals surface area contributed by atoms with E-state index in [1.165, 1.54) is 4.90 Å². The van der Waals surface area contributed by atoms with E-state index < -0.39 is 12.7 Å². The van der Waals surface area contributed by atoms with Crippen LogP contribution in [0.25, 0.3) is 0 Å². The van der Waals surface area contributed by atoms with Crippen LogP contribution in [0.2, 0.25) is 0 Å². The van der Waals surface area contributed by atoms with Gasteiger partial charge in [-0.15, -0.1) is 0 Å². The summed E-state index contributed by atoms with van der Waals surface area (Å²) in [5.74, 6) is 0.864. The van der Waals surface area contributed by atoms with Crippen LogP contribution in [-0.2, 0) is 6.54 Å². The zero-order valence-electron chi connectivity index (χ0n) is 13.8. The molecule has 1 atom stereocenters. The maximum Gasteiger partial charge on any atom is 0.401 e. The van der Waals surface area contributed by atoms with Crippen molar-refractivity contribution in [2.45, 2.75) is 26.1 Å². The number of alkyl halides is 3. The number of aliphatic imine (C=N–C) groups is 1. The lowest BCUT2D eigenvalue weighted by molar-refractivity contribution is -0.143. The van der Waals surface area contributed by atoms with E-state index in [2.05, 4.69) is 20.6 Å². The molecule has 5 nitrogen and oxygen atoms in total. The highest BCUT2D eigenvalue weighted by molar-refractivity contribution is 5.79. The maximum atomic E-state index is 12.4. The predicted molar refractivity (Wildman–Crippen MR) is 87.7 cm³/mol. The van der Waals surface area contributed by atoms with Crippen molar-refractivity contribution in [3.8, 4) is 0 Å². The van der Waals surface area contributed by atoms with Crippen molar-refractivity contribution in [3.05, 3.63) is 30.1 Å². The van der Waals surface area contributed by atoms with Gasteiger partial charge in [0.05, 0.1) is 18.8 Å². The first-order chi connectivity index (χ1) is 11.5. The Morgan fingerprint density at radius 3 is 2.88 bits per heavy atom. The van der Waals surface area contributed by atoms with Crippen molar-refractivity contribution < 1.29 is 13.2 Å². The molecule has 2 rings (SSSR count). The van der Waals surface area contributed by atoms with Crippen LogP contribution in [0.3, 0.4) is 0 Å². The first kappa shape index (κ1) is 18.5. The summed E-state index contributed by atoms with van der Waals surface area (Å²) in [5.41, 5.74) is 0.868. The number of hydrogen-bond donors (Lipinski definition) is 2. The van der Waals surface area contributed by atoms with Crippen LogP contribution in [0.15, 0.2) is 29.4 Å². The largest absolute Gasteiger partial charge is 0.401 e. The Hall–Kier alpha value is -1.83. The quantitative estimate of drug-likeness (QED) is 0.613. The number of aromatic nitrogens is 1. The molecule has 1 saturated heterocycles. The molecule has 2 N–H and O–H groups in total. The fourth-order valence-corrected chi connectivity index (χ4v) is 2.71. The van der Waals surface area contributed by atoms with Gasteiger partial charge in [0.1, 0.15) is 0 Å². The molecule has 134 valence electrons. The lowest BCUT2D eigenvalue weighted by Gasteiger charge is -2.18. The highest BCUT2D eigenvalue weighted by Gasteiger charge is 2.34. The number of nitrogens with one attached hydrogen (secondary N) is 2. The Morgan fingerprint density at radius 2 is 2.21 bits per heavy atom. The first-order valence-corrected chi connectivity index (χ1v) is 8.17. The molecule has 2 heterocycles. The van der Waals surface area contributed by atoms with Crippen molar-refractivity contribution in [1.29, 1.82) is 0 Å². The highest BCUT2D eigenvalue weighted by atomic mass is 19.4. The van der Waals surface area contributed by atoms with E-state index in [4.69, 9.17) is 0 Å². The minimum atomic E-state index is -4.12. The van der Waals surface area contributed by atoms with E-state index >= 15 is 0 Å². The van der Waals surface area contributed by atoms with Gasteiger partial charge in [-0.3, -0.25) is 9.88 Å². The second-order valence-corrected chi connectivity index (χ2v) is 5.90. The molecule has 1 aromatic heterocycles. The maximum absolute atomic E-state index is 12.4. The Kier molecular flexibility index (Phi) is 6.84. The molecule has 1 aromatic rings. The summed E-state index contributed by atoms with van der Waals surface area (Å²) in [6, 6.07) is 5.66. The number of rotatable bonds is 6. The van der Waals surface area contributed by atoms with Crippen LogP contribution in [0, 0.1) is 5.92 Å². The third-order valence-corrected chi connectivity index (χ3v) is 3.80. The summed E-state index contributed by atoms with van der Waals surface area (Å²) in [4.78, 5) is 10.1. The van der Waals surface area contributed by atoms with Crippen molar-refractivity contribution in [1.82, 2.24) is 20.5 Å². The van der Waals surface area contributed by atoms with Gasteiger partial charge in [-0.25, -0.2) is 4.99 Å². The topological polar surface area (TPSA) is 52.6 Å². The highest BCUT2D eigenvalue weighted by Crippen LogP contribution is 2.22. The predicted octanol–water partition coefficient (Wildman–Crippen LogP) is 2.02. The third kappa shape index (κ3) is 6.74. The van der Waals surface area contributed by atoms with Crippen LogP contribution in [0.4, 0.5) is 13.2 Å². The van der Waals surface area contributed by atoms with Crippen LogP contribution in [0.5, 0.6) is 0 Å². The lowest BCUT2D eigenvalue weighted by atomic mass is 10.1. The third-order valence-electron chi connectivity index (χ3n) is 3.80. The Labute approximate surface area is 140 Å². The zero-order valence-corrected chi connectivity index (χ0v) is 13.8. The van der Waals surface area contributed by atoms with Gasteiger partial charge in [0.15, 0.2) is 5.96 Å². The molecule has 24 heavy (non-hydrogen) atoms. The second-order valence-electron chi connectivity index (χ2n) is 5.90. The number of pyridine rings is 1. The van der Waals surface area contributed by atoms with Crippen molar-refractivity contribution >= 4 is 5.96 Å². The molecular weight excluding hydrogens is 319 g/mol. The molecule has 0 spiro atoms. The normalized spacial score (nSPS) is 19.5. The number of halogens is 3. The monoisotopic (exact) mass is 343 g/mol. The second kappa shape index (κ2) is 8.86. The lowest BCUT2D eigenvalue weighted by Crippen LogP contribution is -2.40. The van der Waals surface area contributed by atoms with Crippen molar-refractivity contribution in [2.75, 3.05) is 32.7 Å². The molecule has 0 aromatic carbocycles. The van der Waals surface area contributed by atoms with E-state index in [-0.39, 0.29) is 5.92 Å². The molecule has 0 bridgehead atoms. The summed E-state index contributed by atoms with van der Waals surface area (Å²) in [7, 11) is 0. The van der Waals surface area contributed by atoms with Crippen LogP contribution >= 0.6 is 0 Å². The average molecular weight is 343 g/mol. The van der Waals surface area contributed by atoms with Crippen LogP contribution in [-0.4, -0.2) is 54.7 Å². The first-order valence-electron chi connectivity index (χ1n) is 8.17. The SMILES string of the molecule is CCNC(=NCc1ccccn1)NCC1CCN(CC(F)(F)F)C1. The Morgan fingerprint density at radius 1 is 1.38 bits per heavy atom. The van der Waals surface area contributed by atoms with E-state index in [0.29, 0.717) is 32.1 Å². The Bertz CT molecular complexity index is 518. The number of guanidine groups is 1. The Balaban J connectivity index is 1.79. The minimum Gasteiger partial charge on any atom is -0.357 e. The van der Waals surface area contributed by atoms with Crippen LogP contribution < -0.4 is 10.6 Å². The minimum absolute atomic E-state index is 0.200. The summed E-state index contributed by atoms with van der Waals surface area (Å²) < 4.78 is 37.3. The van der Waals surface area contributed by atoms with Crippen LogP contribution in [0.1, 0.15) is 19.0 Å². The number of nitrogens with zero attached hydrogens (tertiary/aromatic N) is 3. The van der Waals surface area contributed by atoms with Gasteiger partial charge in [0.25, 0.3) is 0 Å². The van der Waals surface area contributed by atoms with E-state index in [0.717, 1.165) is 18.7 Å². The molecule has 0 aliphatic carbocycles. The molecule has 1 aliphatic rings. The number of likely N-dealkylation sites (tertiary alicyclic amines) is 1. The molecular formula is C16H24F3N5. The molecule has 1 fully saturated rings. The van der Waals surface area contributed by atoms with Gasteiger partial charge in [-0.2, -0.15) is 13.2 Å². The summed E-state index contributed by atoms with van der Waals surface area (Å²) in [5, 5.41) is 6.36. The molecule has 0 saturated carbocycles. The van der Waals surface area contributed by atoms with Gasteiger partial charge < -0.3 is 10.6 Å². The average Bonchev–Trinajstić information content (AvgIpc) is 2.96. The van der Waals surface area contributed by atoms with Gasteiger partial charge >= 0.3 is 6.18 Å². The fraction of sp³-hybridized carbons (Fsp3) is 0.625. The van der Waals surface area contributed by atoms with Gasteiger partial charge in [0.2, 0.25) is 0 Å². The fourth-order valence-electron chi connectivity index (χ4n) is 2.71. The zero-order chi connectivity index (χ0) is 17.4. The van der Waals surface area contributed by atoms with Gasteiger partial charge in [-0.1, -0.05) is 6.07 Å². The summed E-state index contributed by atoms with van der Waals surface area (Å²) >= 11 is 0. The molecule has 1 aliphatic heterocycles. The smallest absolute Gasteiger partial charge is 0.357 e. The molecule has 8 heteroatoms. The van der Waals surface area contributed by atoms with Gasteiger partial charge in [-0.05, 0) is 37.9 Å². The van der Waals surface area contributed by atoms with Gasteiger partial charge in [0, 0.05) is 25.8 Å². The standard InChI is InChI=1S/C16H24F3N5/c1-2-20-15(23-10-14-5-3-4-7-21-14)22-9-13-6-8-24(11-13)12-16(17,18)19/h3-5,7,13H,2,6,8-12H2,1H3,(H2,20,22,23). The number of hydrogen-bond acceptors (Lipinski definition) is 3. The van der Waals surface area contributed by atoms with E-state index in [1.807, 2.05) is 25.1 Å². The molecule has 0 amide bonds. The molecule has 1 unspecified atom stereocenters. The van der Waals surface area contributed by atoms with E-state index in [1.54, 1.807) is 6.20 Å². The van der Waals surface area contributed by atoms with Crippen molar-refractivity contribution in [2.24, 2.45) is 10.9 Å². The summed E-state index contributed by atoms with van der Waals surface area (Å²) in [6.45, 7) is 3.90. The molecule has 0 radical (unpaired) electrons. The summed E-state index contributed by atoms with van der Waals surface area (Å²) in [6.07, 6.45) is -1.64. The van der Waals surface area contributed by atoms with E-state index in [9.17, 15) is 13.2 Å².